The summed E-state index contributed by atoms with van der Waals surface area (Å²) in [5, 5.41) is 15.0. The third kappa shape index (κ3) is 2.90. The lowest BCUT2D eigenvalue weighted by molar-refractivity contribution is 0.0891. The molecule has 2 heterocycles. The number of benzene rings is 2. The van der Waals surface area contributed by atoms with Crippen LogP contribution in [-0.4, -0.2) is 22.1 Å². The van der Waals surface area contributed by atoms with Crippen molar-refractivity contribution in [3.63, 3.8) is 0 Å². The van der Waals surface area contributed by atoms with Crippen molar-refractivity contribution in [2.75, 3.05) is 6.54 Å². The Morgan fingerprint density at radius 1 is 1.16 bits per heavy atom. The van der Waals surface area contributed by atoms with E-state index in [1.54, 1.807) is 6.07 Å². The van der Waals surface area contributed by atoms with Crippen LogP contribution in [0.3, 0.4) is 0 Å². The van der Waals surface area contributed by atoms with Crippen LogP contribution in [0.25, 0.3) is 21.9 Å². The van der Waals surface area contributed by atoms with Crippen molar-refractivity contribution in [1.29, 1.82) is 0 Å². The maximum Gasteiger partial charge on any atom is 0.287 e. The Morgan fingerprint density at radius 2 is 2.00 bits per heavy atom. The lowest BCUT2D eigenvalue weighted by Crippen LogP contribution is -2.28. The van der Waals surface area contributed by atoms with Gasteiger partial charge in [0.25, 0.3) is 5.91 Å². The highest BCUT2D eigenvalue weighted by Crippen LogP contribution is 2.21. The largest absolute Gasteiger partial charge is 0.451 e. The summed E-state index contributed by atoms with van der Waals surface area (Å²) < 4.78 is 7.55. The zero-order valence-corrected chi connectivity index (χ0v) is 13.8. The van der Waals surface area contributed by atoms with Gasteiger partial charge in [0.05, 0.1) is 6.10 Å². The molecule has 0 radical (unpaired) electrons. The summed E-state index contributed by atoms with van der Waals surface area (Å²) in [5.74, 6) is -0.0945. The van der Waals surface area contributed by atoms with Gasteiger partial charge in [0.15, 0.2) is 5.76 Å². The molecule has 0 aliphatic carbocycles. The molecule has 0 aliphatic rings. The summed E-state index contributed by atoms with van der Waals surface area (Å²) in [6.45, 7) is 0.119. The number of rotatable bonds is 4. The van der Waals surface area contributed by atoms with E-state index in [4.69, 9.17) is 4.42 Å². The van der Waals surface area contributed by atoms with Crippen LogP contribution in [0.4, 0.5) is 0 Å². The minimum Gasteiger partial charge on any atom is -0.451 e. The van der Waals surface area contributed by atoms with Gasteiger partial charge in [0, 0.05) is 30.7 Å². The van der Waals surface area contributed by atoms with Gasteiger partial charge in [-0.1, -0.05) is 24.3 Å². The van der Waals surface area contributed by atoms with Gasteiger partial charge < -0.3 is 19.4 Å². The molecule has 0 bridgehead atoms. The number of aliphatic hydroxyl groups excluding tert-OH is 1. The van der Waals surface area contributed by atoms with E-state index in [9.17, 15) is 9.90 Å². The summed E-state index contributed by atoms with van der Waals surface area (Å²) in [4.78, 5) is 12.2. The number of hydrogen-bond donors (Lipinski definition) is 2. The Labute approximate surface area is 144 Å². The number of aliphatic hydroxyl groups is 1. The zero-order chi connectivity index (χ0) is 17.4. The molecular formula is C20H18N2O3. The molecule has 0 fully saturated rings. The van der Waals surface area contributed by atoms with Gasteiger partial charge >= 0.3 is 0 Å². The fraction of sp³-hybridized carbons (Fsp3) is 0.150. The molecule has 0 unspecified atom stereocenters. The predicted octanol–water partition coefficient (Wildman–Crippen LogP) is 3.39. The van der Waals surface area contributed by atoms with E-state index in [0.29, 0.717) is 5.58 Å². The molecule has 126 valence electrons. The second-order valence-corrected chi connectivity index (χ2v) is 6.12. The summed E-state index contributed by atoms with van der Waals surface area (Å²) >= 11 is 0. The number of amides is 1. The van der Waals surface area contributed by atoms with Gasteiger partial charge in [-0.3, -0.25) is 4.79 Å². The van der Waals surface area contributed by atoms with Crippen molar-refractivity contribution in [2.45, 2.75) is 6.10 Å². The molecule has 0 aliphatic heterocycles. The van der Waals surface area contributed by atoms with Crippen LogP contribution in [0.15, 0.2) is 65.2 Å². The highest BCUT2D eigenvalue weighted by atomic mass is 16.3. The summed E-state index contributed by atoms with van der Waals surface area (Å²) in [6, 6.07) is 16.9. The number of carbonyl (C=O) groups excluding carboxylic acids is 1. The first kappa shape index (κ1) is 15.5. The molecule has 5 heteroatoms. The first-order valence-corrected chi connectivity index (χ1v) is 8.11. The minimum absolute atomic E-state index is 0.119. The predicted molar refractivity (Wildman–Crippen MR) is 96.4 cm³/mol. The number of hydrogen-bond acceptors (Lipinski definition) is 3. The highest BCUT2D eigenvalue weighted by molar-refractivity contribution is 5.96. The summed E-state index contributed by atoms with van der Waals surface area (Å²) in [6.07, 6.45) is 1.20. The molecule has 0 spiro atoms. The fourth-order valence-electron chi connectivity index (χ4n) is 3.00. The maximum absolute atomic E-state index is 12.2. The van der Waals surface area contributed by atoms with Gasteiger partial charge in [0.2, 0.25) is 0 Å². The Morgan fingerprint density at radius 3 is 2.84 bits per heavy atom. The smallest absolute Gasteiger partial charge is 0.287 e. The van der Waals surface area contributed by atoms with Crippen LogP contribution in [0, 0.1) is 0 Å². The van der Waals surface area contributed by atoms with Gasteiger partial charge in [0.1, 0.15) is 5.58 Å². The van der Waals surface area contributed by atoms with Crippen molar-refractivity contribution in [2.24, 2.45) is 7.05 Å². The molecule has 2 N–H and O–H groups in total. The quantitative estimate of drug-likeness (QED) is 0.601. The first-order chi connectivity index (χ1) is 12.1. The van der Waals surface area contributed by atoms with E-state index < -0.39 is 6.10 Å². The lowest BCUT2D eigenvalue weighted by Gasteiger charge is -2.12. The van der Waals surface area contributed by atoms with Crippen LogP contribution in [-0.2, 0) is 7.05 Å². The second kappa shape index (κ2) is 6.11. The molecule has 4 rings (SSSR count). The van der Waals surface area contributed by atoms with Crippen molar-refractivity contribution in [3.05, 3.63) is 72.1 Å². The van der Waals surface area contributed by atoms with Crippen molar-refractivity contribution in [3.8, 4) is 0 Å². The summed E-state index contributed by atoms with van der Waals surface area (Å²) in [7, 11) is 1.98. The number of aryl methyl sites for hydroxylation is 1. The number of aromatic nitrogens is 1. The molecule has 1 amide bonds. The van der Waals surface area contributed by atoms with Crippen LogP contribution >= 0.6 is 0 Å². The Bertz CT molecular complexity index is 1030. The molecule has 2 aromatic carbocycles. The van der Waals surface area contributed by atoms with Crippen molar-refractivity contribution in [1.82, 2.24) is 9.88 Å². The average molecular weight is 334 g/mol. The average Bonchev–Trinajstić information content (AvgIpc) is 3.23. The lowest BCUT2D eigenvalue weighted by atomic mass is 10.1. The number of nitrogens with one attached hydrogen (secondary N) is 1. The summed E-state index contributed by atoms with van der Waals surface area (Å²) in [5.41, 5.74) is 2.54. The molecular weight excluding hydrogens is 316 g/mol. The number of para-hydroxylation sites is 1. The highest BCUT2D eigenvalue weighted by Gasteiger charge is 2.15. The van der Waals surface area contributed by atoms with E-state index >= 15 is 0 Å². The van der Waals surface area contributed by atoms with Crippen LogP contribution in [0.5, 0.6) is 0 Å². The van der Waals surface area contributed by atoms with Crippen LogP contribution in [0.2, 0.25) is 0 Å². The van der Waals surface area contributed by atoms with Crippen molar-refractivity contribution < 1.29 is 14.3 Å². The standard InChI is InChI=1S/C20H18N2O3/c1-22-9-8-13-10-14(6-7-16(13)22)17(23)12-21-20(24)19-11-15-4-2-3-5-18(15)25-19/h2-11,17,23H,12H2,1H3,(H,21,24)/t17-/m0/s1. The molecule has 5 nitrogen and oxygen atoms in total. The van der Waals surface area contributed by atoms with Gasteiger partial charge in [-0.15, -0.1) is 0 Å². The zero-order valence-electron chi connectivity index (χ0n) is 13.8. The van der Waals surface area contributed by atoms with Crippen LogP contribution < -0.4 is 5.32 Å². The Kier molecular flexibility index (Phi) is 3.78. The molecule has 0 saturated heterocycles. The van der Waals surface area contributed by atoms with E-state index in [0.717, 1.165) is 21.9 Å². The molecule has 25 heavy (non-hydrogen) atoms. The van der Waals surface area contributed by atoms with E-state index in [-0.39, 0.29) is 18.2 Å². The van der Waals surface area contributed by atoms with Gasteiger partial charge in [-0.25, -0.2) is 0 Å². The van der Waals surface area contributed by atoms with E-state index in [1.807, 2.05) is 66.3 Å². The third-order valence-electron chi connectivity index (χ3n) is 4.40. The number of carbonyl (C=O) groups is 1. The second-order valence-electron chi connectivity index (χ2n) is 6.12. The number of furan rings is 1. The SMILES string of the molecule is Cn1ccc2cc([C@@H](O)CNC(=O)c3cc4ccccc4o3)ccc21. The van der Waals surface area contributed by atoms with Crippen LogP contribution in [0.1, 0.15) is 22.2 Å². The molecule has 0 saturated carbocycles. The minimum atomic E-state index is -0.780. The third-order valence-corrected chi connectivity index (χ3v) is 4.40. The maximum atomic E-state index is 12.2. The number of fused-ring (bicyclic) bond motifs is 2. The Hall–Kier alpha value is -3.05. The van der Waals surface area contributed by atoms with E-state index in [2.05, 4.69) is 5.32 Å². The molecule has 4 aromatic rings. The number of nitrogens with zero attached hydrogens (tertiary/aromatic N) is 1. The van der Waals surface area contributed by atoms with Crippen molar-refractivity contribution >= 4 is 27.8 Å². The normalized spacial score (nSPS) is 12.6. The molecule has 2 aromatic heterocycles. The Balaban J connectivity index is 1.46. The first-order valence-electron chi connectivity index (χ1n) is 8.11. The monoisotopic (exact) mass is 334 g/mol. The van der Waals surface area contributed by atoms with Gasteiger partial charge in [-0.05, 0) is 41.3 Å². The van der Waals surface area contributed by atoms with Gasteiger partial charge in [-0.2, -0.15) is 0 Å². The molecule has 1 atom stereocenters. The van der Waals surface area contributed by atoms with E-state index in [1.165, 1.54) is 0 Å². The fourth-order valence-corrected chi connectivity index (χ4v) is 3.00. The topological polar surface area (TPSA) is 67.4 Å².